The number of fused-ring (bicyclic) bond motifs is 1. The smallest absolute Gasteiger partial charge is 0.307 e. The van der Waals surface area contributed by atoms with E-state index in [0.29, 0.717) is 11.2 Å². The summed E-state index contributed by atoms with van der Waals surface area (Å²) in [5.41, 5.74) is 1.51. The van der Waals surface area contributed by atoms with Gasteiger partial charge in [-0.05, 0) is 23.6 Å². The van der Waals surface area contributed by atoms with Crippen molar-refractivity contribution in [3.05, 3.63) is 30.6 Å². The Labute approximate surface area is 121 Å². The fourth-order valence-electron chi connectivity index (χ4n) is 2.85. The largest absolute Gasteiger partial charge is 0.481 e. The fraction of sp³-hybridized carbons (Fsp3) is 0.333. The Morgan fingerprint density at radius 1 is 1.14 bits per heavy atom. The number of amides is 1. The monoisotopic (exact) mass is 285 g/mol. The number of anilines is 1. The molecule has 108 valence electrons. The second-order valence-electron chi connectivity index (χ2n) is 5.86. The van der Waals surface area contributed by atoms with Crippen molar-refractivity contribution in [1.29, 1.82) is 0 Å². The lowest BCUT2D eigenvalue weighted by Crippen LogP contribution is -2.17. The van der Waals surface area contributed by atoms with Crippen LogP contribution in [0.2, 0.25) is 0 Å². The highest BCUT2D eigenvalue weighted by molar-refractivity contribution is 6.00. The molecule has 6 nitrogen and oxygen atoms in total. The summed E-state index contributed by atoms with van der Waals surface area (Å²) in [5.74, 6) is -2.33. The molecule has 1 aromatic heterocycles. The molecule has 0 bridgehead atoms. The summed E-state index contributed by atoms with van der Waals surface area (Å²) in [7, 11) is 0. The number of benzene rings is 1. The van der Waals surface area contributed by atoms with E-state index < -0.39 is 23.2 Å². The van der Waals surface area contributed by atoms with Crippen molar-refractivity contribution >= 4 is 28.6 Å². The molecule has 1 aromatic carbocycles. The third-order valence-electron chi connectivity index (χ3n) is 4.11. The summed E-state index contributed by atoms with van der Waals surface area (Å²) in [6.45, 7) is 3.59. The van der Waals surface area contributed by atoms with Crippen LogP contribution in [0, 0.1) is 17.3 Å². The Morgan fingerprint density at radius 2 is 1.81 bits per heavy atom. The molecule has 0 unspecified atom stereocenters. The normalized spacial score (nSPS) is 22.8. The van der Waals surface area contributed by atoms with E-state index in [0.717, 1.165) is 5.52 Å². The number of aromatic nitrogens is 2. The second-order valence-corrected chi connectivity index (χ2v) is 5.86. The van der Waals surface area contributed by atoms with Crippen LogP contribution in [0.3, 0.4) is 0 Å². The standard InChI is InChI=1S/C15H15N3O3/c1-15(2)11(12(15)14(20)21)13(19)18-8-3-4-9-10(7-8)17-6-5-16-9/h3-7,11-12H,1-2H3,(H,18,19)(H,20,21)/t11-,12+/m1/s1. The number of carbonyl (C=O) groups excluding carboxylic acids is 1. The van der Waals surface area contributed by atoms with Crippen molar-refractivity contribution in [2.24, 2.45) is 17.3 Å². The number of hydrogen-bond donors (Lipinski definition) is 2. The molecular formula is C15H15N3O3. The molecule has 6 heteroatoms. The van der Waals surface area contributed by atoms with Crippen molar-refractivity contribution in [2.45, 2.75) is 13.8 Å². The Morgan fingerprint density at radius 3 is 2.43 bits per heavy atom. The molecule has 1 heterocycles. The number of carbonyl (C=O) groups is 2. The van der Waals surface area contributed by atoms with E-state index in [-0.39, 0.29) is 5.91 Å². The van der Waals surface area contributed by atoms with Crippen molar-refractivity contribution in [2.75, 3.05) is 5.32 Å². The molecule has 1 saturated carbocycles. The van der Waals surface area contributed by atoms with Crippen LogP contribution in [0.4, 0.5) is 5.69 Å². The summed E-state index contributed by atoms with van der Waals surface area (Å²) in [5, 5.41) is 11.9. The van der Waals surface area contributed by atoms with Gasteiger partial charge in [-0.2, -0.15) is 0 Å². The van der Waals surface area contributed by atoms with Crippen LogP contribution in [-0.4, -0.2) is 27.0 Å². The summed E-state index contributed by atoms with van der Waals surface area (Å²) in [4.78, 5) is 31.7. The quantitative estimate of drug-likeness (QED) is 0.899. The highest BCUT2D eigenvalue weighted by Gasteiger charge is 2.65. The molecule has 1 amide bonds. The molecule has 21 heavy (non-hydrogen) atoms. The number of rotatable bonds is 3. The molecule has 0 spiro atoms. The van der Waals surface area contributed by atoms with Crippen LogP contribution in [0.1, 0.15) is 13.8 Å². The lowest BCUT2D eigenvalue weighted by Gasteiger charge is -2.06. The first kappa shape index (κ1) is 13.5. The summed E-state index contributed by atoms with van der Waals surface area (Å²) in [6, 6.07) is 5.23. The Balaban J connectivity index is 1.80. The minimum Gasteiger partial charge on any atom is -0.481 e. The van der Waals surface area contributed by atoms with Gasteiger partial charge in [-0.25, -0.2) is 0 Å². The van der Waals surface area contributed by atoms with Gasteiger partial charge in [0, 0.05) is 18.1 Å². The number of hydrogen-bond acceptors (Lipinski definition) is 4. The van der Waals surface area contributed by atoms with Crippen LogP contribution in [0.5, 0.6) is 0 Å². The van der Waals surface area contributed by atoms with Gasteiger partial charge >= 0.3 is 5.97 Å². The Bertz CT molecular complexity index is 742. The van der Waals surface area contributed by atoms with Gasteiger partial charge in [-0.3, -0.25) is 19.6 Å². The molecule has 0 saturated heterocycles. The molecule has 1 aliphatic rings. The van der Waals surface area contributed by atoms with Crippen LogP contribution in [0.15, 0.2) is 30.6 Å². The van der Waals surface area contributed by atoms with Gasteiger partial charge in [0.05, 0.1) is 22.9 Å². The van der Waals surface area contributed by atoms with Gasteiger partial charge < -0.3 is 10.4 Å². The molecule has 1 fully saturated rings. The van der Waals surface area contributed by atoms with Crippen molar-refractivity contribution < 1.29 is 14.7 Å². The lowest BCUT2D eigenvalue weighted by molar-refractivity contribution is -0.140. The third kappa shape index (κ3) is 2.22. The first-order chi connectivity index (χ1) is 9.91. The minimum absolute atomic E-state index is 0.268. The first-order valence-electron chi connectivity index (χ1n) is 6.65. The average molecular weight is 285 g/mol. The lowest BCUT2D eigenvalue weighted by atomic mass is 10.1. The Kier molecular flexibility index (Phi) is 2.90. The zero-order valence-corrected chi connectivity index (χ0v) is 11.7. The van der Waals surface area contributed by atoms with Gasteiger partial charge in [-0.15, -0.1) is 0 Å². The summed E-state index contributed by atoms with van der Waals surface area (Å²) in [6.07, 6.45) is 3.18. The predicted molar refractivity (Wildman–Crippen MR) is 76.6 cm³/mol. The molecule has 0 radical (unpaired) electrons. The van der Waals surface area contributed by atoms with Crippen LogP contribution in [0.25, 0.3) is 11.0 Å². The highest BCUT2D eigenvalue weighted by Crippen LogP contribution is 2.58. The number of carboxylic acids is 1. The number of carboxylic acid groups (broad SMARTS) is 1. The zero-order valence-electron chi connectivity index (χ0n) is 11.7. The molecule has 3 rings (SSSR count). The highest BCUT2D eigenvalue weighted by atomic mass is 16.4. The van der Waals surface area contributed by atoms with Gasteiger partial charge in [0.25, 0.3) is 0 Å². The maximum atomic E-state index is 12.2. The summed E-state index contributed by atoms with van der Waals surface area (Å²) >= 11 is 0. The molecule has 0 aliphatic heterocycles. The van der Waals surface area contributed by atoms with Gasteiger partial charge in [0.2, 0.25) is 5.91 Å². The van der Waals surface area contributed by atoms with Crippen LogP contribution in [-0.2, 0) is 9.59 Å². The maximum absolute atomic E-state index is 12.2. The average Bonchev–Trinajstić information content (AvgIpc) is 3.02. The topological polar surface area (TPSA) is 92.2 Å². The number of aliphatic carboxylic acids is 1. The number of nitrogens with zero attached hydrogens (tertiary/aromatic N) is 2. The molecule has 1 aliphatic carbocycles. The molecule has 2 atom stereocenters. The third-order valence-corrected chi connectivity index (χ3v) is 4.11. The Hall–Kier alpha value is -2.50. The van der Waals surface area contributed by atoms with E-state index >= 15 is 0 Å². The SMILES string of the molecule is CC1(C)[C@H](C(=O)O)[C@@H]1C(=O)Nc1ccc2nccnc2c1. The fourth-order valence-corrected chi connectivity index (χ4v) is 2.85. The van der Waals surface area contributed by atoms with E-state index in [9.17, 15) is 9.59 Å². The van der Waals surface area contributed by atoms with Crippen LogP contribution >= 0.6 is 0 Å². The van der Waals surface area contributed by atoms with E-state index in [2.05, 4.69) is 15.3 Å². The van der Waals surface area contributed by atoms with E-state index in [1.165, 1.54) is 0 Å². The van der Waals surface area contributed by atoms with Gasteiger partial charge in [0.15, 0.2) is 0 Å². The van der Waals surface area contributed by atoms with E-state index in [4.69, 9.17) is 5.11 Å². The van der Waals surface area contributed by atoms with Crippen molar-refractivity contribution in [3.8, 4) is 0 Å². The maximum Gasteiger partial charge on any atom is 0.307 e. The van der Waals surface area contributed by atoms with Crippen molar-refractivity contribution in [1.82, 2.24) is 9.97 Å². The van der Waals surface area contributed by atoms with Gasteiger partial charge in [-0.1, -0.05) is 13.8 Å². The second kappa shape index (κ2) is 4.51. The number of nitrogens with one attached hydrogen (secondary N) is 1. The van der Waals surface area contributed by atoms with E-state index in [1.807, 2.05) is 0 Å². The summed E-state index contributed by atoms with van der Waals surface area (Å²) < 4.78 is 0. The zero-order chi connectivity index (χ0) is 15.2. The molecular weight excluding hydrogens is 270 g/mol. The minimum atomic E-state index is -0.926. The van der Waals surface area contributed by atoms with Gasteiger partial charge in [0.1, 0.15) is 0 Å². The first-order valence-corrected chi connectivity index (χ1v) is 6.65. The van der Waals surface area contributed by atoms with E-state index in [1.54, 1.807) is 44.4 Å². The van der Waals surface area contributed by atoms with Crippen LogP contribution < -0.4 is 5.32 Å². The molecule has 2 aromatic rings. The predicted octanol–water partition coefficient (Wildman–Crippen LogP) is 1.93. The van der Waals surface area contributed by atoms with Crippen molar-refractivity contribution in [3.63, 3.8) is 0 Å². The molecule has 2 N–H and O–H groups in total.